The van der Waals surface area contributed by atoms with Crippen LogP contribution in [0, 0.1) is 25.2 Å². The van der Waals surface area contributed by atoms with Gasteiger partial charge in [-0.25, -0.2) is 4.98 Å². The molecule has 16 heavy (non-hydrogen) atoms. The molecule has 0 unspecified atom stereocenters. The number of nitrogens with zero attached hydrogens (tertiary/aromatic N) is 3. The third-order valence-corrected chi connectivity index (χ3v) is 2.79. The second-order valence-electron chi connectivity index (χ2n) is 3.43. The quantitative estimate of drug-likeness (QED) is 0.861. The van der Waals surface area contributed by atoms with Gasteiger partial charge in [-0.05, 0) is 31.5 Å². The lowest BCUT2D eigenvalue weighted by Crippen LogP contribution is -1.93. The molecule has 0 saturated heterocycles. The molecule has 5 heteroatoms. The van der Waals surface area contributed by atoms with Crippen LogP contribution in [0.25, 0.3) is 0 Å². The van der Waals surface area contributed by atoms with E-state index in [1.807, 2.05) is 32.0 Å². The van der Waals surface area contributed by atoms with Gasteiger partial charge in [0.05, 0.1) is 11.3 Å². The molecule has 0 spiro atoms. The van der Waals surface area contributed by atoms with E-state index in [9.17, 15) is 0 Å². The van der Waals surface area contributed by atoms with Crippen LogP contribution >= 0.6 is 11.5 Å². The molecule has 0 amide bonds. The van der Waals surface area contributed by atoms with Gasteiger partial charge in [-0.15, -0.1) is 0 Å². The summed E-state index contributed by atoms with van der Waals surface area (Å²) in [7, 11) is 0. The van der Waals surface area contributed by atoms with Crippen LogP contribution in [-0.4, -0.2) is 9.36 Å². The minimum atomic E-state index is 0.618. The molecule has 80 valence electrons. The van der Waals surface area contributed by atoms with Gasteiger partial charge in [0.2, 0.25) is 5.13 Å². The summed E-state index contributed by atoms with van der Waals surface area (Å²) < 4.78 is 4.07. The number of hydrogen-bond donors (Lipinski definition) is 1. The molecule has 0 atom stereocenters. The molecule has 0 saturated carbocycles. The first-order chi connectivity index (χ1) is 7.69. The largest absolute Gasteiger partial charge is 0.329 e. The predicted molar refractivity (Wildman–Crippen MR) is 63.8 cm³/mol. The van der Waals surface area contributed by atoms with Crippen LogP contribution in [-0.2, 0) is 0 Å². The van der Waals surface area contributed by atoms with E-state index in [1.54, 1.807) is 0 Å². The van der Waals surface area contributed by atoms with Crippen molar-refractivity contribution >= 4 is 22.4 Å². The zero-order valence-electron chi connectivity index (χ0n) is 8.98. The average Bonchev–Trinajstić information content (AvgIpc) is 2.67. The van der Waals surface area contributed by atoms with Gasteiger partial charge >= 0.3 is 0 Å². The summed E-state index contributed by atoms with van der Waals surface area (Å²) in [6.07, 6.45) is 0. The Labute approximate surface area is 97.7 Å². The summed E-state index contributed by atoms with van der Waals surface area (Å²) >= 11 is 1.29. The first kappa shape index (κ1) is 10.6. The highest BCUT2D eigenvalue weighted by molar-refractivity contribution is 7.09. The third-order valence-electron chi connectivity index (χ3n) is 2.06. The van der Waals surface area contributed by atoms with Crippen molar-refractivity contribution in [2.45, 2.75) is 13.8 Å². The number of hydrogen-bond acceptors (Lipinski definition) is 5. The number of anilines is 2. The summed E-state index contributed by atoms with van der Waals surface area (Å²) in [5.74, 6) is 0.734. The molecular formula is C11H10N4S. The number of benzene rings is 1. The fourth-order valence-electron chi connectivity index (χ4n) is 1.32. The Morgan fingerprint density at radius 1 is 1.38 bits per heavy atom. The molecule has 0 radical (unpaired) electrons. The number of nitrogens with one attached hydrogen (secondary N) is 1. The van der Waals surface area contributed by atoms with Crippen molar-refractivity contribution in [1.82, 2.24) is 9.36 Å². The Hall–Kier alpha value is -1.93. The Bertz CT molecular complexity index is 553. The Balaban J connectivity index is 2.31. The fraction of sp³-hybridized carbons (Fsp3) is 0.182. The molecule has 0 aliphatic carbocycles. The van der Waals surface area contributed by atoms with Crippen molar-refractivity contribution in [2.75, 3.05) is 5.32 Å². The number of aryl methyl sites for hydroxylation is 2. The maximum Gasteiger partial charge on any atom is 0.207 e. The van der Waals surface area contributed by atoms with E-state index < -0.39 is 0 Å². The third kappa shape index (κ3) is 2.18. The van der Waals surface area contributed by atoms with E-state index in [2.05, 4.69) is 20.7 Å². The van der Waals surface area contributed by atoms with Gasteiger partial charge in [0.15, 0.2) is 0 Å². The van der Waals surface area contributed by atoms with Crippen molar-refractivity contribution in [2.24, 2.45) is 0 Å². The second-order valence-corrected chi connectivity index (χ2v) is 4.18. The molecule has 1 aromatic heterocycles. The monoisotopic (exact) mass is 230 g/mol. The molecule has 0 aliphatic rings. The van der Waals surface area contributed by atoms with Gasteiger partial charge in [-0.2, -0.15) is 9.64 Å². The smallest absolute Gasteiger partial charge is 0.207 e. The first-order valence-corrected chi connectivity index (χ1v) is 5.54. The highest BCUT2D eigenvalue weighted by Gasteiger charge is 2.05. The van der Waals surface area contributed by atoms with Gasteiger partial charge in [-0.3, -0.25) is 0 Å². The van der Waals surface area contributed by atoms with Gasteiger partial charge < -0.3 is 5.32 Å². The molecule has 0 bridgehead atoms. The maximum atomic E-state index is 9.00. The average molecular weight is 230 g/mol. The van der Waals surface area contributed by atoms with Crippen LogP contribution in [0.2, 0.25) is 0 Å². The summed E-state index contributed by atoms with van der Waals surface area (Å²) in [6, 6.07) is 7.84. The zero-order valence-corrected chi connectivity index (χ0v) is 9.80. The van der Waals surface area contributed by atoms with Crippen molar-refractivity contribution in [3.8, 4) is 6.07 Å². The second kappa shape index (κ2) is 4.29. The van der Waals surface area contributed by atoms with Gasteiger partial charge in [0.1, 0.15) is 11.9 Å². The highest BCUT2D eigenvalue weighted by atomic mass is 32.1. The van der Waals surface area contributed by atoms with Gasteiger partial charge in [0, 0.05) is 11.5 Å². The topological polar surface area (TPSA) is 61.6 Å². The van der Waals surface area contributed by atoms with Crippen LogP contribution in [0.3, 0.4) is 0 Å². The van der Waals surface area contributed by atoms with E-state index in [0.717, 1.165) is 17.1 Å². The van der Waals surface area contributed by atoms with Crippen LogP contribution < -0.4 is 5.32 Å². The van der Waals surface area contributed by atoms with Gasteiger partial charge in [-0.1, -0.05) is 6.07 Å². The van der Waals surface area contributed by atoms with Crippen molar-refractivity contribution in [3.63, 3.8) is 0 Å². The summed E-state index contributed by atoms with van der Waals surface area (Å²) in [6.45, 7) is 3.79. The summed E-state index contributed by atoms with van der Waals surface area (Å²) in [5.41, 5.74) is 2.45. The van der Waals surface area contributed by atoms with Crippen molar-refractivity contribution < 1.29 is 0 Å². The molecule has 0 aliphatic heterocycles. The summed E-state index contributed by atoms with van der Waals surface area (Å²) in [4.78, 5) is 4.19. The number of aromatic nitrogens is 2. The molecule has 0 fully saturated rings. The lowest BCUT2D eigenvalue weighted by atomic mass is 10.1. The zero-order chi connectivity index (χ0) is 11.5. The summed E-state index contributed by atoms with van der Waals surface area (Å²) in [5, 5.41) is 12.8. The Morgan fingerprint density at radius 2 is 2.19 bits per heavy atom. The predicted octanol–water partition coefficient (Wildman–Crippen LogP) is 2.77. The van der Waals surface area contributed by atoms with E-state index in [1.165, 1.54) is 11.5 Å². The SMILES string of the molecule is Cc1ccc(Nc2nc(C)ns2)c(C#N)c1. The van der Waals surface area contributed by atoms with Crippen LogP contribution in [0.1, 0.15) is 17.0 Å². The molecule has 1 heterocycles. The molecule has 1 aromatic carbocycles. The lowest BCUT2D eigenvalue weighted by molar-refractivity contribution is 1.17. The van der Waals surface area contributed by atoms with Crippen molar-refractivity contribution in [1.29, 1.82) is 5.26 Å². The highest BCUT2D eigenvalue weighted by Crippen LogP contribution is 2.22. The van der Waals surface area contributed by atoms with E-state index in [-0.39, 0.29) is 0 Å². The number of rotatable bonds is 2. The van der Waals surface area contributed by atoms with E-state index in [4.69, 9.17) is 5.26 Å². The van der Waals surface area contributed by atoms with Crippen LogP contribution in [0.5, 0.6) is 0 Å². The lowest BCUT2D eigenvalue weighted by Gasteiger charge is -2.04. The Morgan fingerprint density at radius 3 is 2.81 bits per heavy atom. The normalized spacial score (nSPS) is 9.81. The van der Waals surface area contributed by atoms with E-state index in [0.29, 0.717) is 10.7 Å². The standard InChI is InChI=1S/C11H10N4S/c1-7-3-4-10(9(5-7)6-12)14-11-13-8(2)15-16-11/h3-5H,1-2H3,(H,13,14,15). The molecule has 2 aromatic rings. The molecule has 1 N–H and O–H groups in total. The molecule has 2 rings (SSSR count). The molecular weight excluding hydrogens is 220 g/mol. The van der Waals surface area contributed by atoms with Gasteiger partial charge in [0.25, 0.3) is 0 Å². The van der Waals surface area contributed by atoms with Crippen molar-refractivity contribution in [3.05, 3.63) is 35.2 Å². The molecule has 4 nitrogen and oxygen atoms in total. The Kier molecular flexibility index (Phi) is 2.84. The van der Waals surface area contributed by atoms with Crippen LogP contribution in [0.15, 0.2) is 18.2 Å². The van der Waals surface area contributed by atoms with E-state index >= 15 is 0 Å². The minimum absolute atomic E-state index is 0.618. The maximum absolute atomic E-state index is 9.00. The van der Waals surface area contributed by atoms with Crippen LogP contribution in [0.4, 0.5) is 10.8 Å². The first-order valence-electron chi connectivity index (χ1n) is 4.77. The fourth-order valence-corrected chi connectivity index (χ4v) is 1.91. The minimum Gasteiger partial charge on any atom is -0.329 e. The number of nitriles is 1.